The smallest absolute Gasteiger partial charge is 0.279 e. The highest BCUT2D eigenvalue weighted by Gasteiger charge is 2.44. The van der Waals surface area contributed by atoms with E-state index in [4.69, 9.17) is 13.0 Å². The van der Waals surface area contributed by atoms with Gasteiger partial charge in [-0.2, -0.15) is 21.6 Å². The molecule has 0 amide bonds. The van der Waals surface area contributed by atoms with Crippen LogP contribution < -0.4 is 4.57 Å². The average molecular weight is 387 g/mol. The maximum absolute atomic E-state index is 10.7. The van der Waals surface area contributed by atoms with Gasteiger partial charge in [-0.1, -0.05) is 46.0 Å². The molecule has 0 bridgehead atoms. The average Bonchev–Trinajstić information content (AvgIpc) is 2.95. The number of rotatable bonds is 10. The van der Waals surface area contributed by atoms with Crippen molar-refractivity contribution in [3.8, 4) is 0 Å². The first-order chi connectivity index (χ1) is 11.6. The fourth-order valence-electron chi connectivity index (χ4n) is 2.12. The van der Waals surface area contributed by atoms with Crippen LogP contribution in [0.4, 0.5) is 13.2 Å². The molecular weight excluding hydrogens is 357 g/mol. The van der Waals surface area contributed by atoms with Crippen molar-refractivity contribution >= 4 is 10.1 Å². The Morgan fingerprint density at radius 2 is 1.52 bits per heavy atom. The number of halogens is 3. The SMILES string of the molecule is CCCCCCCC[n+]1ccn(CCCC)c1.O=S(=O)(O)C(F)(F)F. The molecule has 1 aromatic heterocycles. The van der Waals surface area contributed by atoms with E-state index >= 15 is 0 Å². The molecule has 1 aromatic rings. The highest BCUT2D eigenvalue weighted by Crippen LogP contribution is 2.20. The summed E-state index contributed by atoms with van der Waals surface area (Å²) in [5, 5.41) is 0. The Balaban J connectivity index is 0.000000609. The Labute approximate surface area is 148 Å². The van der Waals surface area contributed by atoms with Gasteiger partial charge in [0.2, 0.25) is 6.33 Å². The van der Waals surface area contributed by atoms with Crippen molar-refractivity contribution in [3.63, 3.8) is 0 Å². The maximum Gasteiger partial charge on any atom is 0.522 e. The molecule has 0 fully saturated rings. The van der Waals surface area contributed by atoms with Crippen molar-refractivity contribution in [2.24, 2.45) is 0 Å². The van der Waals surface area contributed by atoms with Gasteiger partial charge >= 0.3 is 15.6 Å². The molecule has 0 spiro atoms. The van der Waals surface area contributed by atoms with Crippen LogP contribution in [0.3, 0.4) is 0 Å². The molecule has 0 saturated carbocycles. The van der Waals surface area contributed by atoms with E-state index in [1.54, 1.807) is 0 Å². The minimum atomic E-state index is -5.84. The van der Waals surface area contributed by atoms with Gasteiger partial charge in [0.15, 0.2) is 0 Å². The summed E-state index contributed by atoms with van der Waals surface area (Å²) in [4.78, 5) is 0. The molecule has 0 aromatic carbocycles. The first-order valence-corrected chi connectivity index (χ1v) is 10.1. The highest BCUT2D eigenvalue weighted by molar-refractivity contribution is 7.86. The van der Waals surface area contributed by atoms with E-state index in [9.17, 15) is 13.2 Å². The molecular formula is C16H30F3N2O3S+. The summed E-state index contributed by atoms with van der Waals surface area (Å²) >= 11 is 0. The van der Waals surface area contributed by atoms with Gasteiger partial charge in [0.25, 0.3) is 0 Å². The van der Waals surface area contributed by atoms with Crippen LogP contribution in [-0.4, -0.2) is 23.0 Å². The molecule has 0 aliphatic heterocycles. The lowest BCUT2D eigenvalue weighted by Crippen LogP contribution is -2.30. The number of aromatic nitrogens is 2. The first kappa shape index (κ1) is 23.9. The van der Waals surface area contributed by atoms with Crippen LogP contribution in [0, 0.1) is 0 Å². The van der Waals surface area contributed by atoms with E-state index in [2.05, 4.69) is 41.7 Å². The number of aryl methyl sites for hydroxylation is 2. The molecule has 1 N–H and O–H groups in total. The van der Waals surface area contributed by atoms with Gasteiger partial charge in [0.1, 0.15) is 12.4 Å². The number of alkyl halides is 3. The minimum Gasteiger partial charge on any atom is -0.279 e. The summed E-state index contributed by atoms with van der Waals surface area (Å²) < 4.78 is 62.2. The second-order valence-electron chi connectivity index (χ2n) is 5.93. The molecule has 0 aliphatic carbocycles. The molecule has 148 valence electrons. The van der Waals surface area contributed by atoms with Crippen LogP contribution in [0.1, 0.15) is 65.2 Å². The van der Waals surface area contributed by atoms with Crippen LogP contribution in [0.2, 0.25) is 0 Å². The molecule has 5 nitrogen and oxygen atoms in total. The Bertz CT molecular complexity index is 557. The predicted molar refractivity (Wildman–Crippen MR) is 90.5 cm³/mol. The molecule has 0 saturated heterocycles. The molecule has 0 unspecified atom stereocenters. The topological polar surface area (TPSA) is 63.2 Å². The van der Waals surface area contributed by atoms with Gasteiger partial charge in [-0.15, -0.1) is 0 Å². The Kier molecular flexibility index (Phi) is 11.8. The quantitative estimate of drug-likeness (QED) is 0.281. The Hall–Kier alpha value is -1.09. The zero-order valence-electron chi connectivity index (χ0n) is 15.0. The third kappa shape index (κ3) is 12.0. The van der Waals surface area contributed by atoms with Crippen LogP contribution in [0.5, 0.6) is 0 Å². The van der Waals surface area contributed by atoms with Crippen molar-refractivity contribution in [2.45, 2.75) is 83.8 Å². The van der Waals surface area contributed by atoms with Gasteiger partial charge in [-0.05, 0) is 19.3 Å². The van der Waals surface area contributed by atoms with Crippen LogP contribution >= 0.6 is 0 Å². The zero-order chi connectivity index (χ0) is 19.3. The van der Waals surface area contributed by atoms with Gasteiger partial charge < -0.3 is 0 Å². The third-order valence-electron chi connectivity index (χ3n) is 3.58. The number of hydrogen-bond donors (Lipinski definition) is 1. The summed E-state index contributed by atoms with van der Waals surface area (Å²) in [5.41, 5.74) is -5.53. The van der Waals surface area contributed by atoms with E-state index < -0.39 is 15.6 Å². The van der Waals surface area contributed by atoms with E-state index in [1.807, 2.05) is 0 Å². The first-order valence-electron chi connectivity index (χ1n) is 8.70. The molecule has 0 aliphatic rings. The van der Waals surface area contributed by atoms with Crippen molar-refractivity contribution in [2.75, 3.05) is 0 Å². The molecule has 1 heterocycles. The maximum atomic E-state index is 10.7. The van der Waals surface area contributed by atoms with E-state index in [-0.39, 0.29) is 0 Å². The standard InChI is InChI=1S/C15H29N2.CHF3O3S/c1-3-5-7-8-9-10-12-17-14-13-16(15-17)11-6-4-2;2-1(3,4)8(5,6)7/h13-15H,3-12H2,1-2H3;(H,5,6,7)/q+1;. The Morgan fingerprint density at radius 3 is 2.04 bits per heavy atom. The second-order valence-corrected chi connectivity index (χ2v) is 7.34. The predicted octanol–water partition coefficient (Wildman–Crippen LogP) is 4.33. The summed E-state index contributed by atoms with van der Waals surface area (Å²) in [6.07, 6.45) is 17.5. The lowest BCUT2D eigenvalue weighted by atomic mass is 10.1. The Morgan fingerprint density at radius 1 is 1.00 bits per heavy atom. The van der Waals surface area contributed by atoms with Crippen LogP contribution in [0.25, 0.3) is 0 Å². The number of nitrogens with zero attached hydrogens (tertiary/aromatic N) is 2. The van der Waals surface area contributed by atoms with Crippen molar-refractivity contribution in [3.05, 3.63) is 18.7 Å². The second kappa shape index (κ2) is 12.3. The number of hydrogen-bond acceptors (Lipinski definition) is 2. The summed E-state index contributed by atoms with van der Waals surface area (Å²) in [5.74, 6) is 0. The number of unbranched alkanes of at least 4 members (excludes halogenated alkanes) is 6. The van der Waals surface area contributed by atoms with Crippen molar-refractivity contribution in [1.29, 1.82) is 0 Å². The monoisotopic (exact) mass is 387 g/mol. The molecule has 25 heavy (non-hydrogen) atoms. The normalized spacial score (nSPS) is 11.9. The molecule has 0 radical (unpaired) electrons. The van der Waals surface area contributed by atoms with Gasteiger partial charge in [-0.3, -0.25) is 4.55 Å². The largest absolute Gasteiger partial charge is 0.522 e. The zero-order valence-corrected chi connectivity index (χ0v) is 15.8. The molecule has 0 atom stereocenters. The fraction of sp³-hybridized carbons (Fsp3) is 0.812. The summed E-state index contributed by atoms with van der Waals surface area (Å²) in [6, 6.07) is 0. The molecule has 1 rings (SSSR count). The van der Waals surface area contributed by atoms with Gasteiger partial charge in [0, 0.05) is 0 Å². The third-order valence-corrected chi connectivity index (χ3v) is 4.16. The van der Waals surface area contributed by atoms with Gasteiger partial charge in [0.05, 0.1) is 13.1 Å². The lowest BCUT2D eigenvalue weighted by Gasteiger charge is -1.98. The van der Waals surface area contributed by atoms with Crippen LogP contribution in [0.15, 0.2) is 18.7 Å². The number of imidazole rings is 1. The van der Waals surface area contributed by atoms with Crippen molar-refractivity contribution in [1.82, 2.24) is 4.57 Å². The van der Waals surface area contributed by atoms with Crippen molar-refractivity contribution < 1.29 is 30.7 Å². The minimum absolute atomic E-state index is 1.17. The van der Waals surface area contributed by atoms with E-state index in [0.717, 1.165) is 0 Å². The highest BCUT2D eigenvalue weighted by atomic mass is 32.2. The van der Waals surface area contributed by atoms with E-state index in [0.29, 0.717) is 0 Å². The van der Waals surface area contributed by atoms with Crippen LogP contribution in [-0.2, 0) is 23.2 Å². The molecule has 9 heteroatoms. The van der Waals surface area contributed by atoms with E-state index in [1.165, 1.54) is 64.5 Å². The summed E-state index contributed by atoms with van der Waals surface area (Å²) in [6.45, 7) is 6.87. The fourth-order valence-corrected chi connectivity index (χ4v) is 2.12. The van der Waals surface area contributed by atoms with Gasteiger partial charge in [-0.25, -0.2) is 9.13 Å². The lowest BCUT2D eigenvalue weighted by molar-refractivity contribution is -0.696. The summed E-state index contributed by atoms with van der Waals surface area (Å²) in [7, 11) is -5.84.